The van der Waals surface area contributed by atoms with Gasteiger partial charge in [0.15, 0.2) is 6.61 Å². The minimum Gasteiger partial charge on any atom is -0.484 e. The van der Waals surface area contributed by atoms with Crippen LogP contribution in [0.3, 0.4) is 0 Å². The molecule has 178 valence electrons. The van der Waals surface area contributed by atoms with Gasteiger partial charge in [0.05, 0.1) is 0 Å². The molecule has 7 heteroatoms. The maximum atomic E-state index is 13.5. The SMILES string of the molecule is CCCNC(=O)[C@H](Cc1ccccc1)N(Cc1ccc(Br)cc1)C(=O)COc1cccc(Cl)c1. The van der Waals surface area contributed by atoms with Crippen LogP contribution >= 0.6 is 27.5 Å². The summed E-state index contributed by atoms with van der Waals surface area (Å²) in [7, 11) is 0. The van der Waals surface area contributed by atoms with E-state index < -0.39 is 6.04 Å². The number of rotatable bonds is 11. The Labute approximate surface area is 214 Å². The van der Waals surface area contributed by atoms with Crippen LogP contribution in [0.2, 0.25) is 5.02 Å². The van der Waals surface area contributed by atoms with Gasteiger partial charge in [-0.05, 0) is 47.9 Å². The highest BCUT2D eigenvalue weighted by Gasteiger charge is 2.30. The summed E-state index contributed by atoms with van der Waals surface area (Å²) in [6, 6.07) is 23.6. The van der Waals surface area contributed by atoms with Crippen LogP contribution in [0.25, 0.3) is 0 Å². The van der Waals surface area contributed by atoms with Crippen molar-refractivity contribution in [2.24, 2.45) is 0 Å². The molecule has 0 aliphatic heterocycles. The van der Waals surface area contributed by atoms with Gasteiger partial charge < -0.3 is 15.0 Å². The number of carbonyl (C=O) groups excluding carboxylic acids is 2. The minimum absolute atomic E-state index is 0.182. The number of benzene rings is 3. The molecule has 0 spiro atoms. The summed E-state index contributed by atoms with van der Waals surface area (Å²) in [4.78, 5) is 28.3. The third-order valence-electron chi connectivity index (χ3n) is 5.24. The molecule has 1 N–H and O–H groups in total. The average Bonchev–Trinajstić information content (AvgIpc) is 2.85. The Morgan fingerprint density at radius 2 is 1.74 bits per heavy atom. The molecule has 0 saturated carbocycles. The van der Waals surface area contributed by atoms with Gasteiger partial charge in [-0.15, -0.1) is 0 Å². The summed E-state index contributed by atoms with van der Waals surface area (Å²) >= 11 is 9.49. The zero-order valence-corrected chi connectivity index (χ0v) is 21.4. The summed E-state index contributed by atoms with van der Waals surface area (Å²) in [5.74, 6) is 0.0360. The number of amides is 2. The Morgan fingerprint density at radius 3 is 2.41 bits per heavy atom. The number of halogens is 2. The lowest BCUT2D eigenvalue weighted by Crippen LogP contribution is -2.51. The van der Waals surface area contributed by atoms with E-state index in [1.807, 2.05) is 61.5 Å². The van der Waals surface area contributed by atoms with Crippen LogP contribution in [0.15, 0.2) is 83.3 Å². The molecule has 3 rings (SSSR count). The van der Waals surface area contributed by atoms with Gasteiger partial charge in [-0.1, -0.05) is 83.0 Å². The van der Waals surface area contributed by atoms with Gasteiger partial charge in [0.2, 0.25) is 5.91 Å². The number of nitrogens with one attached hydrogen (secondary N) is 1. The Bertz CT molecular complexity index is 1080. The Morgan fingerprint density at radius 1 is 1.00 bits per heavy atom. The van der Waals surface area contributed by atoms with Crippen molar-refractivity contribution >= 4 is 39.3 Å². The monoisotopic (exact) mass is 542 g/mol. The first kappa shape index (κ1) is 25.8. The molecule has 1 atom stereocenters. The fourth-order valence-corrected chi connectivity index (χ4v) is 3.94. The molecule has 34 heavy (non-hydrogen) atoms. The zero-order valence-electron chi connectivity index (χ0n) is 19.0. The van der Waals surface area contributed by atoms with Crippen LogP contribution in [-0.2, 0) is 22.6 Å². The van der Waals surface area contributed by atoms with Gasteiger partial charge in [-0.3, -0.25) is 9.59 Å². The molecule has 0 aromatic heterocycles. The first-order valence-corrected chi connectivity index (χ1v) is 12.4. The van der Waals surface area contributed by atoms with Crippen molar-refractivity contribution in [3.63, 3.8) is 0 Å². The van der Waals surface area contributed by atoms with Crippen molar-refractivity contribution in [3.05, 3.63) is 99.5 Å². The molecule has 0 unspecified atom stereocenters. The number of ether oxygens (including phenoxy) is 1. The van der Waals surface area contributed by atoms with Crippen molar-refractivity contribution in [3.8, 4) is 5.75 Å². The highest BCUT2D eigenvalue weighted by molar-refractivity contribution is 9.10. The van der Waals surface area contributed by atoms with E-state index in [0.717, 1.165) is 22.0 Å². The number of carbonyl (C=O) groups is 2. The largest absolute Gasteiger partial charge is 0.484 e. The van der Waals surface area contributed by atoms with Crippen LogP contribution in [0.1, 0.15) is 24.5 Å². The number of hydrogen-bond donors (Lipinski definition) is 1. The van der Waals surface area contributed by atoms with Gasteiger partial charge >= 0.3 is 0 Å². The molecular formula is C27H28BrClN2O3. The third-order valence-corrected chi connectivity index (χ3v) is 6.01. The number of nitrogens with zero attached hydrogens (tertiary/aromatic N) is 1. The molecule has 0 aliphatic rings. The first-order chi connectivity index (χ1) is 16.5. The van der Waals surface area contributed by atoms with Crippen LogP contribution in [-0.4, -0.2) is 35.9 Å². The fourth-order valence-electron chi connectivity index (χ4n) is 3.49. The van der Waals surface area contributed by atoms with Crippen LogP contribution in [0.4, 0.5) is 0 Å². The lowest BCUT2D eigenvalue weighted by Gasteiger charge is -2.31. The second-order valence-corrected chi connectivity index (χ2v) is 9.24. The number of hydrogen-bond acceptors (Lipinski definition) is 3. The molecule has 0 radical (unpaired) electrons. The van der Waals surface area contributed by atoms with E-state index in [0.29, 0.717) is 23.7 Å². The maximum absolute atomic E-state index is 13.5. The minimum atomic E-state index is -0.687. The molecule has 3 aromatic rings. The summed E-state index contributed by atoms with van der Waals surface area (Å²) in [6.07, 6.45) is 1.21. The molecule has 0 fully saturated rings. The van der Waals surface area contributed by atoms with E-state index in [1.54, 1.807) is 29.2 Å². The fraction of sp³-hybridized carbons (Fsp3) is 0.259. The topological polar surface area (TPSA) is 58.6 Å². The van der Waals surface area contributed by atoms with E-state index in [4.69, 9.17) is 16.3 Å². The van der Waals surface area contributed by atoms with E-state index >= 15 is 0 Å². The maximum Gasteiger partial charge on any atom is 0.261 e. The Hall–Kier alpha value is -2.83. The molecule has 2 amide bonds. The first-order valence-electron chi connectivity index (χ1n) is 11.2. The van der Waals surface area contributed by atoms with E-state index in [9.17, 15) is 9.59 Å². The Balaban J connectivity index is 1.88. The van der Waals surface area contributed by atoms with E-state index in [-0.39, 0.29) is 25.0 Å². The van der Waals surface area contributed by atoms with Gasteiger partial charge in [-0.25, -0.2) is 0 Å². The van der Waals surface area contributed by atoms with Crippen LogP contribution < -0.4 is 10.1 Å². The predicted molar refractivity (Wildman–Crippen MR) is 139 cm³/mol. The summed E-state index contributed by atoms with van der Waals surface area (Å²) in [5.41, 5.74) is 1.89. The quantitative estimate of drug-likeness (QED) is 0.340. The smallest absolute Gasteiger partial charge is 0.261 e. The summed E-state index contributed by atoms with van der Waals surface area (Å²) < 4.78 is 6.68. The molecule has 0 saturated heterocycles. The molecule has 3 aromatic carbocycles. The lowest BCUT2D eigenvalue weighted by atomic mass is 10.0. The molecule has 0 aliphatic carbocycles. The summed E-state index contributed by atoms with van der Waals surface area (Å²) in [5, 5.41) is 3.49. The van der Waals surface area contributed by atoms with Gasteiger partial charge in [-0.2, -0.15) is 0 Å². The third kappa shape index (κ3) is 7.89. The van der Waals surface area contributed by atoms with Crippen molar-refractivity contribution in [2.45, 2.75) is 32.4 Å². The second-order valence-electron chi connectivity index (χ2n) is 7.89. The predicted octanol–water partition coefficient (Wildman–Crippen LogP) is 5.65. The van der Waals surface area contributed by atoms with Crippen molar-refractivity contribution in [1.29, 1.82) is 0 Å². The molecule has 0 heterocycles. The lowest BCUT2D eigenvalue weighted by molar-refractivity contribution is -0.142. The van der Waals surface area contributed by atoms with Crippen molar-refractivity contribution < 1.29 is 14.3 Å². The average molecular weight is 544 g/mol. The van der Waals surface area contributed by atoms with Crippen molar-refractivity contribution in [1.82, 2.24) is 10.2 Å². The van der Waals surface area contributed by atoms with E-state index in [1.165, 1.54) is 0 Å². The van der Waals surface area contributed by atoms with Crippen molar-refractivity contribution in [2.75, 3.05) is 13.2 Å². The van der Waals surface area contributed by atoms with Gasteiger partial charge in [0.1, 0.15) is 11.8 Å². The highest BCUT2D eigenvalue weighted by atomic mass is 79.9. The molecule has 0 bridgehead atoms. The summed E-state index contributed by atoms with van der Waals surface area (Å²) in [6.45, 7) is 2.62. The zero-order chi connectivity index (χ0) is 24.3. The normalized spacial score (nSPS) is 11.5. The molecular weight excluding hydrogens is 516 g/mol. The standard InChI is InChI=1S/C27H28BrClN2O3/c1-2-15-30-27(33)25(16-20-7-4-3-5-8-20)31(18-21-11-13-22(28)14-12-21)26(32)19-34-24-10-6-9-23(29)17-24/h3-14,17,25H,2,15-16,18-19H2,1H3,(H,30,33)/t25-/m0/s1. The van der Waals surface area contributed by atoms with Crippen LogP contribution in [0, 0.1) is 0 Å². The van der Waals surface area contributed by atoms with Gasteiger partial charge in [0.25, 0.3) is 5.91 Å². The Kier molecular flexibility index (Phi) is 9.98. The van der Waals surface area contributed by atoms with E-state index in [2.05, 4.69) is 21.2 Å². The second kappa shape index (κ2) is 13.2. The van der Waals surface area contributed by atoms with Crippen LogP contribution in [0.5, 0.6) is 5.75 Å². The molecule has 5 nitrogen and oxygen atoms in total. The van der Waals surface area contributed by atoms with Gasteiger partial charge in [0, 0.05) is 29.0 Å². The highest BCUT2D eigenvalue weighted by Crippen LogP contribution is 2.19.